The van der Waals surface area contributed by atoms with Crippen molar-refractivity contribution in [3.63, 3.8) is 0 Å². The van der Waals surface area contributed by atoms with E-state index >= 15 is 0 Å². The highest BCUT2D eigenvalue weighted by Crippen LogP contribution is 2.35. The molecule has 2 rings (SSSR count). The third-order valence-electron chi connectivity index (χ3n) is 4.57. The third-order valence-corrected chi connectivity index (χ3v) is 4.57. The Morgan fingerprint density at radius 1 is 1.19 bits per heavy atom. The zero-order chi connectivity index (χ0) is 19.3. The Kier molecular flexibility index (Phi) is 6.02. The quantitative estimate of drug-likeness (QED) is 0.618. The Labute approximate surface area is 152 Å². The zero-order valence-electron chi connectivity index (χ0n) is 15.1. The first-order chi connectivity index (χ1) is 12.3. The number of carbonyl (C=O) groups excluding carboxylic acids is 2. The van der Waals surface area contributed by atoms with E-state index in [0.717, 1.165) is 11.1 Å². The molecule has 0 aromatic heterocycles. The van der Waals surface area contributed by atoms with Crippen LogP contribution in [0, 0.1) is 0 Å². The molecule has 1 aliphatic carbocycles. The summed E-state index contributed by atoms with van der Waals surface area (Å²) in [7, 11) is 0. The van der Waals surface area contributed by atoms with Crippen molar-refractivity contribution in [3.8, 4) is 0 Å². The SMILES string of the molecule is CCOC(=O)O[C@@H]1CC(C)=C(C)C[C@@]1(NC(=O)c1ccccc1)C(=O)O. The van der Waals surface area contributed by atoms with Crippen molar-refractivity contribution in [2.24, 2.45) is 0 Å². The average molecular weight is 361 g/mol. The van der Waals surface area contributed by atoms with Crippen molar-refractivity contribution in [1.82, 2.24) is 5.32 Å². The molecule has 1 aromatic carbocycles. The normalized spacial score (nSPS) is 22.5. The molecule has 0 spiro atoms. The minimum Gasteiger partial charge on any atom is -0.479 e. The molecule has 2 atom stereocenters. The highest BCUT2D eigenvalue weighted by Gasteiger charge is 2.52. The smallest absolute Gasteiger partial charge is 0.479 e. The molecule has 0 bridgehead atoms. The Morgan fingerprint density at radius 3 is 2.42 bits per heavy atom. The van der Waals surface area contributed by atoms with Crippen LogP contribution < -0.4 is 5.32 Å². The number of benzene rings is 1. The summed E-state index contributed by atoms with van der Waals surface area (Å²) in [6.07, 6.45) is -1.79. The Morgan fingerprint density at radius 2 is 1.85 bits per heavy atom. The van der Waals surface area contributed by atoms with Gasteiger partial charge in [0.15, 0.2) is 5.54 Å². The lowest BCUT2D eigenvalue weighted by molar-refractivity contribution is -0.151. The predicted molar refractivity (Wildman–Crippen MR) is 93.8 cm³/mol. The standard InChI is InChI=1S/C19H23NO6/c1-4-25-18(24)26-15-10-12(2)13(3)11-19(15,17(22)23)20-16(21)14-8-6-5-7-9-14/h5-9,15H,4,10-11H2,1-3H3,(H,20,21)(H,22,23)/t15-,19+/m1/s1. The zero-order valence-corrected chi connectivity index (χ0v) is 15.1. The van der Waals surface area contributed by atoms with Gasteiger partial charge in [0.25, 0.3) is 5.91 Å². The van der Waals surface area contributed by atoms with Crippen molar-refractivity contribution in [2.45, 2.75) is 45.3 Å². The lowest BCUT2D eigenvalue weighted by Gasteiger charge is -2.41. The lowest BCUT2D eigenvalue weighted by Crippen LogP contribution is -2.64. The molecule has 7 nitrogen and oxygen atoms in total. The summed E-state index contributed by atoms with van der Waals surface area (Å²) in [5.74, 6) is -1.80. The maximum Gasteiger partial charge on any atom is 0.508 e. The van der Waals surface area contributed by atoms with E-state index in [1.165, 1.54) is 0 Å². The van der Waals surface area contributed by atoms with Crippen molar-refractivity contribution in [1.29, 1.82) is 0 Å². The van der Waals surface area contributed by atoms with E-state index in [1.54, 1.807) is 37.3 Å². The van der Waals surface area contributed by atoms with E-state index < -0.39 is 29.7 Å². The summed E-state index contributed by atoms with van der Waals surface area (Å²) in [6.45, 7) is 5.39. The number of hydrogen-bond acceptors (Lipinski definition) is 5. The van der Waals surface area contributed by atoms with Crippen LogP contribution in [0.2, 0.25) is 0 Å². The highest BCUT2D eigenvalue weighted by molar-refractivity contribution is 5.98. The summed E-state index contributed by atoms with van der Waals surface area (Å²) in [4.78, 5) is 36.6. The maximum atomic E-state index is 12.6. The molecule has 0 saturated heterocycles. The fourth-order valence-corrected chi connectivity index (χ4v) is 2.98. The van der Waals surface area contributed by atoms with Gasteiger partial charge in [0.05, 0.1) is 6.61 Å². The van der Waals surface area contributed by atoms with Gasteiger partial charge in [-0.05, 0) is 32.9 Å². The molecule has 1 aliphatic rings. The molecule has 0 unspecified atom stereocenters. The van der Waals surface area contributed by atoms with E-state index in [1.807, 2.05) is 13.8 Å². The van der Waals surface area contributed by atoms with E-state index in [-0.39, 0.29) is 19.4 Å². The van der Waals surface area contributed by atoms with Gasteiger partial charge in [-0.1, -0.05) is 29.3 Å². The second kappa shape index (κ2) is 8.03. The van der Waals surface area contributed by atoms with Crippen LogP contribution in [-0.4, -0.2) is 41.4 Å². The van der Waals surface area contributed by atoms with Gasteiger partial charge in [-0.15, -0.1) is 0 Å². The summed E-state index contributed by atoms with van der Waals surface area (Å²) < 4.78 is 10.1. The molecule has 0 heterocycles. The van der Waals surface area contributed by atoms with Crippen molar-refractivity contribution in [3.05, 3.63) is 47.0 Å². The van der Waals surface area contributed by atoms with Gasteiger partial charge >= 0.3 is 12.1 Å². The van der Waals surface area contributed by atoms with Crippen LogP contribution in [-0.2, 0) is 14.3 Å². The number of carboxylic acids is 1. The number of rotatable bonds is 5. The van der Waals surface area contributed by atoms with Crippen LogP contribution in [0.5, 0.6) is 0 Å². The van der Waals surface area contributed by atoms with Crippen LogP contribution >= 0.6 is 0 Å². The molecule has 0 saturated carbocycles. The van der Waals surface area contributed by atoms with Gasteiger partial charge in [-0.25, -0.2) is 9.59 Å². The highest BCUT2D eigenvalue weighted by atomic mass is 16.7. The summed E-state index contributed by atoms with van der Waals surface area (Å²) in [6, 6.07) is 8.30. The predicted octanol–water partition coefficient (Wildman–Crippen LogP) is 2.91. The molecular formula is C19H23NO6. The number of nitrogens with one attached hydrogen (secondary N) is 1. The van der Waals surface area contributed by atoms with Gasteiger partial charge in [0.1, 0.15) is 6.10 Å². The molecule has 140 valence electrons. The van der Waals surface area contributed by atoms with Crippen LogP contribution in [0.3, 0.4) is 0 Å². The molecule has 0 aliphatic heterocycles. The van der Waals surface area contributed by atoms with Gasteiger partial charge in [-0.2, -0.15) is 0 Å². The first-order valence-corrected chi connectivity index (χ1v) is 8.39. The van der Waals surface area contributed by atoms with E-state index in [0.29, 0.717) is 5.56 Å². The lowest BCUT2D eigenvalue weighted by atomic mass is 9.76. The average Bonchev–Trinajstić information content (AvgIpc) is 2.60. The fourth-order valence-electron chi connectivity index (χ4n) is 2.98. The molecule has 2 N–H and O–H groups in total. The maximum absolute atomic E-state index is 12.6. The first kappa shape index (κ1) is 19.5. The Bertz CT molecular complexity index is 727. The van der Waals surface area contributed by atoms with Crippen molar-refractivity contribution < 1.29 is 29.0 Å². The van der Waals surface area contributed by atoms with Crippen LogP contribution in [0.1, 0.15) is 44.0 Å². The second-order valence-electron chi connectivity index (χ2n) is 6.33. The fraction of sp³-hybridized carbons (Fsp3) is 0.421. The van der Waals surface area contributed by atoms with Gasteiger partial charge < -0.3 is 19.9 Å². The van der Waals surface area contributed by atoms with Gasteiger partial charge in [0, 0.05) is 18.4 Å². The van der Waals surface area contributed by atoms with Crippen LogP contribution in [0.4, 0.5) is 4.79 Å². The number of hydrogen-bond donors (Lipinski definition) is 2. The number of amides is 1. The van der Waals surface area contributed by atoms with Crippen LogP contribution in [0.15, 0.2) is 41.5 Å². The molecule has 26 heavy (non-hydrogen) atoms. The molecule has 7 heteroatoms. The first-order valence-electron chi connectivity index (χ1n) is 8.39. The molecule has 1 aromatic rings. The van der Waals surface area contributed by atoms with Crippen molar-refractivity contribution in [2.75, 3.05) is 6.61 Å². The molecule has 1 amide bonds. The Balaban J connectivity index is 2.38. The Hall–Kier alpha value is -2.83. The molecular weight excluding hydrogens is 338 g/mol. The third kappa shape index (κ3) is 4.04. The minimum atomic E-state index is -1.76. The molecule has 0 fully saturated rings. The van der Waals surface area contributed by atoms with Gasteiger partial charge in [-0.3, -0.25) is 4.79 Å². The second-order valence-corrected chi connectivity index (χ2v) is 6.33. The summed E-state index contributed by atoms with van der Waals surface area (Å²) in [5, 5.41) is 12.5. The number of ether oxygens (including phenoxy) is 2. The number of carbonyl (C=O) groups is 3. The van der Waals surface area contributed by atoms with Gasteiger partial charge in [0.2, 0.25) is 0 Å². The van der Waals surface area contributed by atoms with E-state index in [9.17, 15) is 19.5 Å². The van der Waals surface area contributed by atoms with Crippen molar-refractivity contribution >= 4 is 18.0 Å². The molecule has 0 radical (unpaired) electrons. The monoisotopic (exact) mass is 361 g/mol. The number of aliphatic carboxylic acids is 1. The minimum absolute atomic E-state index is 0.0385. The van der Waals surface area contributed by atoms with E-state index in [4.69, 9.17) is 9.47 Å². The van der Waals surface area contributed by atoms with Crippen LogP contribution in [0.25, 0.3) is 0 Å². The summed E-state index contributed by atoms with van der Waals surface area (Å²) in [5.41, 5.74) is 0.324. The van der Waals surface area contributed by atoms with E-state index in [2.05, 4.69) is 5.32 Å². The topological polar surface area (TPSA) is 102 Å². The summed E-state index contributed by atoms with van der Waals surface area (Å²) >= 11 is 0. The number of carboxylic acid groups (broad SMARTS) is 1. The largest absolute Gasteiger partial charge is 0.508 e.